The molecule has 1 heterocycles. The van der Waals surface area contributed by atoms with Crippen LogP contribution in [0.25, 0.3) is 11.0 Å². The Morgan fingerprint density at radius 1 is 1.11 bits per heavy atom. The van der Waals surface area contributed by atoms with Crippen molar-refractivity contribution < 1.29 is 10.2 Å². The molecule has 0 aliphatic rings. The summed E-state index contributed by atoms with van der Waals surface area (Å²) in [6.07, 6.45) is 0. The average molecular weight is 247 g/mol. The van der Waals surface area contributed by atoms with E-state index in [1.165, 1.54) is 0 Å². The molecule has 0 bridgehead atoms. The summed E-state index contributed by atoms with van der Waals surface area (Å²) in [6.45, 7) is 3.20. The summed E-state index contributed by atoms with van der Waals surface area (Å²) in [5.41, 5.74) is 1.54. The second kappa shape index (κ2) is 4.88. The van der Waals surface area contributed by atoms with Gasteiger partial charge in [0.2, 0.25) is 0 Å². The number of nitrogens with one attached hydrogen (secondary N) is 1. The SMILES string of the molecule is Cc1nc2ccccc2nc1NC(C)(CO)CO. The van der Waals surface area contributed by atoms with E-state index in [2.05, 4.69) is 15.3 Å². The van der Waals surface area contributed by atoms with Gasteiger partial charge in [-0.25, -0.2) is 9.97 Å². The minimum atomic E-state index is -0.804. The molecule has 0 radical (unpaired) electrons. The van der Waals surface area contributed by atoms with Crippen LogP contribution in [0, 0.1) is 6.92 Å². The summed E-state index contributed by atoms with van der Waals surface area (Å²) in [6, 6.07) is 7.58. The molecule has 0 aliphatic carbocycles. The van der Waals surface area contributed by atoms with E-state index in [1.807, 2.05) is 31.2 Å². The van der Waals surface area contributed by atoms with Crippen molar-refractivity contribution in [2.75, 3.05) is 18.5 Å². The molecule has 3 N–H and O–H groups in total. The summed E-state index contributed by atoms with van der Waals surface area (Å²) in [4.78, 5) is 8.90. The van der Waals surface area contributed by atoms with Crippen molar-refractivity contribution in [1.82, 2.24) is 9.97 Å². The van der Waals surface area contributed by atoms with Crippen molar-refractivity contribution >= 4 is 16.9 Å². The lowest BCUT2D eigenvalue weighted by atomic mass is 10.1. The van der Waals surface area contributed by atoms with Crippen LogP contribution in [0.1, 0.15) is 12.6 Å². The van der Waals surface area contributed by atoms with Crippen molar-refractivity contribution in [2.45, 2.75) is 19.4 Å². The maximum Gasteiger partial charge on any atom is 0.148 e. The highest BCUT2D eigenvalue weighted by atomic mass is 16.3. The first-order chi connectivity index (χ1) is 8.58. The first kappa shape index (κ1) is 12.7. The molecule has 0 saturated carbocycles. The van der Waals surface area contributed by atoms with Gasteiger partial charge in [0, 0.05) is 0 Å². The van der Waals surface area contributed by atoms with E-state index in [0.29, 0.717) is 5.82 Å². The fraction of sp³-hybridized carbons (Fsp3) is 0.385. The number of rotatable bonds is 4. The molecular formula is C13H17N3O2. The molecule has 2 aromatic rings. The summed E-state index contributed by atoms with van der Waals surface area (Å²) >= 11 is 0. The van der Waals surface area contributed by atoms with E-state index in [1.54, 1.807) is 6.92 Å². The molecule has 0 unspecified atom stereocenters. The zero-order valence-electron chi connectivity index (χ0n) is 10.5. The van der Waals surface area contributed by atoms with Gasteiger partial charge in [-0.1, -0.05) is 12.1 Å². The van der Waals surface area contributed by atoms with Crippen LogP contribution in [0.5, 0.6) is 0 Å². The molecule has 0 spiro atoms. The van der Waals surface area contributed by atoms with Crippen LogP contribution < -0.4 is 5.32 Å². The van der Waals surface area contributed by atoms with Gasteiger partial charge in [0.05, 0.1) is 35.5 Å². The molecule has 0 fully saturated rings. The summed E-state index contributed by atoms with van der Waals surface area (Å²) in [7, 11) is 0. The van der Waals surface area contributed by atoms with Crippen molar-refractivity contribution in [3.05, 3.63) is 30.0 Å². The fourth-order valence-corrected chi connectivity index (χ4v) is 1.62. The van der Waals surface area contributed by atoms with Crippen LogP contribution in [0.4, 0.5) is 5.82 Å². The number of para-hydroxylation sites is 2. The molecule has 5 nitrogen and oxygen atoms in total. The van der Waals surface area contributed by atoms with E-state index < -0.39 is 5.54 Å². The van der Waals surface area contributed by atoms with E-state index in [0.717, 1.165) is 16.7 Å². The highest BCUT2D eigenvalue weighted by molar-refractivity contribution is 5.76. The molecular weight excluding hydrogens is 230 g/mol. The molecule has 96 valence electrons. The lowest BCUT2D eigenvalue weighted by Crippen LogP contribution is -2.43. The Balaban J connectivity index is 2.42. The summed E-state index contributed by atoms with van der Waals surface area (Å²) in [5.74, 6) is 0.583. The van der Waals surface area contributed by atoms with Crippen LogP contribution in [-0.2, 0) is 0 Å². The number of aryl methyl sites for hydroxylation is 1. The topological polar surface area (TPSA) is 78.3 Å². The highest BCUT2D eigenvalue weighted by Gasteiger charge is 2.23. The molecule has 0 amide bonds. The Hall–Kier alpha value is -1.72. The van der Waals surface area contributed by atoms with Crippen LogP contribution in [0.3, 0.4) is 0 Å². The number of nitrogens with zero attached hydrogens (tertiary/aromatic N) is 2. The van der Waals surface area contributed by atoms with Gasteiger partial charge in [-0.2, -0.15) is 0 Å². The van der Waals surface area contributed by atoms with Crippen LogP contribution in [-0.4, -0.2) is 38.9 Å². The monoisotopic (exact) mass is 247 g/mol. The first-order valence-corrected chi connectivity index (χ1v) is 5.81. The fourth-order valence-electron chi connectivity index (χ4n) is 1.62. The van der Waals surface area contributed by atoms with Gasteiger partial charge in [-0.3, -0.25) is 0 Å². The molecule has 5 heteroatoms. The lowest BCUT2D eigenvalue weighted by Gasteiger charge is -2.27. The maximum absolute atomic E-state index is 9.28. The summed E-state index contributed by atoms with van der Waals surface area (Å²) < 4.78 is 0. The smallest absolute Gasteiger partial charge is 0.148 e. The first-order valence-electron chi connectivity index (χ1n) is 5.81. The normalized spacial score (nSPS) is 11.8. The maximum atomic E-state index is 9.28. The molecule has 0 atom stereocenters. The molecule has 0 aliphatic heterocycles. The van der Waals surface area contributed by atoms with Gasteiger partial charge < -0.3 is 15.5 Å². The lowest BCUT2D eigenvalue weighted by molar-refractivity contribution is 0.147. The Morgan fingerprint density at radius 3 is 2.22 bits per heavy atom. The Morgan fingerprint density at radius 2 is 1.67 bits per heavy atom. The van der Waals surface area contributed by atoms with Gasteiger partial charge >= 0.3 is 0 Å². The number of aromatic nitrogens is 2. The molecule has 2 rings (SSSR count). The molecule has 1 aromatic carbocycles. The van der Waals surface area contributed by atoms with E-state index in [-0.39, 0.29) is 13.2 Å². The number of anilines is 1. The number of hydrogen-bond donors (Lipinski definition) is 3. The predicted molar refractivity (Wildman–Crippen MR) is 70.5 cm³/mol. The molecule has 18 heavy (non-hydrogen) atoms. The predicted octanol–water partition coefficient (Wildman–Crippen LogP) is 1.09. The zero-order chi connectivity index (χ0) is 13.2. The third-order valence-corrected chi connectivity index (χ3v) is 2.86. The number of benzene rings is 1. The van der Waals surface area contributed by atoms with Crippen LogP contribution in [0.2, 0.25) is 0 Å². The third kappa shape index (κ3) is 2.42. The van der Waals surface area contributed by atoms with Gasteiger partial charge in [-0.15, -0.1) is 0 Å². The van der Waals surface area contributed by atoms with Crippen LogP contribution in [0.15, 0.2) is 24.3 Å². The van der Waals surface area contributed by atoms with Crippen LogP contribution >= 0.6 is 0 Å². The van der Waals surface area contributed by atoms with Gasteiger partial charge in [-0.05, 0) is 26.0 Å². The standard InChI is InChI=1S/C13H17N3O2/c1-9-12(16-13(2,7-17)8-18)15-11-6-4-3-5-10(11)14-9/h3-6,17-18H,7-8H2,1-2H3,(H,15,16). The molecule has 0 saturated heterocycles. The number of fused-ring (bicyclic) bond motifs is 1. The minimum absolute atomic E-state index is 0.183. The van der Waals surface area contributed by atoms with Gasteiger partial charge in [0.1, 0.15) is 5.82 Å². The highest BCUT2D eigenvalue weighted by Crippen LogP contribution is 2.19. The molecule has 1 aromatic heterocycles. The van der Waals surface area contributed by atoms with E-state index >= 15 is 0 Å². The van der Waals surface area contributed by atoms with E-state index in [4.69, 9.17) is 0 Å². The quantitative estimate of drug-likeness (QED) is 0.754. The zero-order valence-corrected chi connectivity index (χ0v) is 10.5. The van der Waals surface area contributed by atoms with E-state index in [9.17, 15) is 10.2 Å². The Bertz CT molecular complexity index is 553. The van der Waals surface area contributed by atoms with Gasteiger partial charge in [0.15, 0.2) is 0 Å². The Kier molecular flexibility index (Phi) is 3.45. The van der Waals surface area contributed by atoms with Crippen molar-refractivity contribution in [2.24, 2.45) is 0 Å². The minimum Gasteiger partial charge on any atom is -0.394 e. The van der Waals surface area contributed by atoms with Crippen molar-refractivity contribution in [1.29, 1.82) is 0 Å². The second-order valence-electron chi connectivity index (χ2n) is 4.65. The largest absolute Gasteiger partial charge is 0.394 e. The van der Waals surface area contributed by atoms with Crippen molar-refractivity contribution in [3.8, 4) is 0 Å². The average Bonchev–Trinajstić information content (AvgIpc) is 2.39. The summed E-state index contributed by atoms with van der Waals surface area (Å²) in [5, 5.41) is 21.6. The van der Waals surface area contributed by atoms with Gasteiger partial charge in [0.25, 0.3) is 0 Å². The number of aliphatic hydroxyl groups excluding tert-OH is 2. The number of aliphatic hydroxyl groups is 2. The second-order valence-corrected chi connectivity index (χ2v) is 4.65. The number of hydrogen-bond acceptors (Lipinski definition) is 5. The Labute approximate surface area is 106 Å². The van der Waals surface area contributed by atoms with Crippen molar-refractivity contribution in [3.63, 3.8) is 0 Å². The third-order valence-electron chi connectivity index (χ3n) is 2.86.